The summed E-state index contributed by atoms with van der Waals surface area (Å²) in [5.74, 6) is -0.0968. The number of carbonyl (C=O) groups excluding carboxylic acids is 1. The first-order chi connectivity index (χ1) is 9.74. The second kappa shape index (κ2) is 5.68. The predicted octanol–water partition coefficient (Wildman–Crippen LogP) is 1.92. The van der Waals surface area contributed by atoms with E-state index in [2.05, 4.69) is 36.5 Å². The summed E-state index contributed by atoms with van der Waals surface area (Å²) >= 11 is 4.83. The van der Waals surface area contributed by atoms with E-state index in [9.17, 15) is 4.79 Å². The molecule has 102 valence electrons. The van der Waals surface area contributed by atoms with Crippen molar-refractivity contribution < 1.29 is 4.79 Å². The molecule has 0 atom stereocenters. The highest BCUT2D eigenvalue weighted by Crippen LogP contribution is 2.15. The third-order valence-corrected chi connectivity index (χ3v) is 4.34. The zero-order valence-corrected chi connectivity index (χ0v) is 12.7. The molecule has 0 aliphatic rings. The van der Waals surface area contributed by atoms with E-state index >= 15 is 0 Å². The monoisotopic (exact) mass is 351 g/mol. The van der Waals surface area contributed by atoms with Crippen molar-refractivity contribution in [2.24, 2.45) is 0 Å². The molecule has 8 heteroatoms. The van der Waals surface area contributed by atoms with Crippen LogP contribution in [-0.4, -0.2) is 32.3 Å². The third-order valence-electron chi connectivity index (χ3n) is 2.67. The molecule has 0 bridgehead atoms. The van der Waals surface area contributed by atoms with Gasteiger partial charge in [0, 0.05) is 17.4 Å². The molecule has 1 amide bonds. The molecule has 0 fully saturated rings. The van der Waals surface area contributed by atoms with Crippen molar-refractivity contribution in [2.75, 3.05) is 6.54 Å². The zero-order valence-electron chi connectivity index (χ0n) is 10.3. The van der Waals surface area contributed by atoms with E-state index in [1.165, 1.54) is 11.3 Å². The van der Waals surface area contributed by atoms with Crippen molar-refractivity contribution in [3.63, 3.8) is 0 Å². The molecular formula is C12H10BrN5OS. The number of nitrogens with one attached hydrogen (secondary N) is 1. The Kier molecular flexibility index (Phi) is 3.75. The standard InChI is InChI=1S/C12H10BrN5OS/c13-9-4-2-1-3-8(9)11(19)14-6-5-10-17-18-7-15-16-12(18)20-10/h1-4,7H,5-6H2,(H,14,19). The number of fused-ring (bicyclic) bond motifs is 1. The van der Waals surface area contributed by atoms with Crippen LogP contribution < -0.4 is 5.32 Å². The zero-order chi connectivity index (χ0) is 13.9. The summed E-state index contributed by atoms with van der Waals surface area (Å²) < 4.78 is 2.42. The maximum absolute atomic E-state index is 12.0. The van der Waals surface area contributed by atoms with Crippen molar-refractivity contribution in [3.05, 3.63) is 45.6 Å². The van der Waals surface area contributed by atoms with Crippen LogP contribution in [0.4, 0.5) is 0 Å². The number of hydrogen-bond acceptors (Lipinski definition) is 5. The van der Waals surface area contributed by atoms with Crippen molar-refractivity contribution in [1.82, 2.24) is 25.1 Å². The molecule has 0 aliphatic carbocycles. The number of amides is 1. The average molecular weight is 352 g/mol. The fourth-order valence-corrected chi connectivity index (χ4v) is 3.00. The van der Waals surface area contributed by atoms with Gasteiger partial charge in [-0.25, -0.2) is 0 Å². The van der Waals surface area contributed by atoms with Gasteiger partial charge in [0.25, 0.3) is 5.91 Å². The molecule has 6 nitrogen and oxygen atoms in total. The van der Waals surface area contributed by atoms with Gasteiger partial charge in [0.15, 0.2) is 0 Å². The average Bonchev–Trinajstić information content (AvgIpc) is 3.00. The smallest absolute Gasteiger partial charge is 0.252 e. The van der Waals surface area contributed by atoms with E-state index in [0.717, 1.165) is 14.4 Å². The second-order valence-electron chi connectivity index (χ2n) is 4.04. The van der Waals surface area contributed by atoms with Gasteiger partial charge in [0.2, 0.25) is 4.96 Å². The minimum absolute atomic E-state index is 0.0968. The molecule has 0 spiro atoms. The highest BCUT2D eigenvalue weighted by molar-refractivity contribution is 9.10. The molecule has 0 saturated heterocycles. The van der Waals surface area contributed by atoms with Crippen LogP contribution in [0.3, 0.4) is 0 Å². The van der Waals surface area contributed by atoms with Crippen LogP contribution in [0.2, 0.25) is 0 Å². The van der Waals surface area contributed by atoms with Gasteiger partial charge in [-0.2, -0.15) is 9.61 Å². The lowest BCUT2D eigenvalue weighted by atomic mass is 10.2. The number of hydrogen-bond donors (Lipinski definition) is 1. The summed E-state index contributed by atoms with van der Waals surface area (Å²) in [5.41, 5.74) is 0.630. The normalized spacial score (nSPS) is 10.8. The Hall–Kier alpha value is -1.80. The molecule has 2 heterocycles. The first-order valence-corrected chi connectivity index (χ1v) is 7.53. The summed E-state index contributed by atoms with van der Waals surface area (Å²) in [6.07, 6.45) is 2.24. The minimum atomic E-state index is -0.0968. The maximum Gasteiger partial charge on any atom is 0.252 e. The molecule has 0 aliphatic heterocycles. The van der Waals surface area contributed by atoms with Crippen molar-refractivity contribution >= 4 is 38.1 Å². The molecule has 1 N–H and O–H groups in total. The van der Waals surface area contributed by atoms with Crippen LogP contribution in [0, 0.1) is 0 Å². The van der Waals surface area contributed by atoms with Gasteiger partial charge in [0.1, 0.15) is 11.3 Å². The van der Waals surface area contributed by atoms with Crippen LogP contribution >= 0.6 is 27.3 Å². The molecule has 20 heavy (non-hydrogen) atoms. The second-order valence-corrected chi connectivity index (χ2v) is 5.93. The lowest BCUT2D eigenvalue weighted by molar-refractivity contribution is 0.0953. The highest BCUT2D eigenvalue weighted by Gasteiger charge is 2.09. The van der Waals surface area contributed by atoms with Crippen molar-refractivity contribution in [3.8, 4) is 0 Å². The molecule has 2 aromatic heterocycles. The van der Waals surface area contributed by atoms with Crippen LogP contribution in [-0.2, 0) is 6.42 Å². The summed E-state index contributed by atoms with van der Waals surface area (Å²) in [4.78, 5) is 12.8. The molecular weight excluding hydrogens is 342 g/mol. The van der Waals surface area contributed by atoms with E-state index in [4.69, 9.17) is 0 Å². The van der Waals surface area contributed by atoms with Gasteiger partial charge in [-0.3, -0.25) is 4.79 Å². The summed E-state index contributed by atoms with van der Waals surface area (Å²) in [5, 5.41) is 15.8. The van der Waals surface area contributed by atoms with Gasteiger partial charge in [-0.05, 0) is 28.1 Å². The van der Waals surface area contributed by atoms with Gasteiger partial charge in [-0.15, -0.1) is 10.2 Å². The van der Waals surface area contributed by atoms with Gasteiger partial charge in [0.05, 0.1) is 5.56 Å². The molecule has 0 radical (unpaired) electrons. The van der Waals surface area contributed by atoms with Crippen molar-refractivity contribution in [1.29, 1.82) is 0 Å². The molecule has 1 aromatic carbocycles. The minimum Gasteiger partial charge on any atom is -0.352 e. The Morgan fingerprint density at radius 3 is 3.05 bits per heavy atom. The number of carbonyl (C=O) groups is 1. The summed E-state index contributed by atoms with van der Waals surface area (Å²) in [6.45, 7) is 0.532. The Bertz CT molecular complexity index is 724. The van der Waals surface area contributed by atoms with Gasteiger partial charge in [-0.1, -0.05) is 23.5 Å². The van der Waals surface area contributed by atoms with Crippen LogP contribution in [0.25, 0.3) is 4.96 Å². The molecule has 3 aromatic rings. The lowest BCUT2D eigenvalue weighted by Crippen LogP contribution is -2.26. The first-order valence-electron chi connectivity index (χ1n) is 5.92. The Balaban J connectivity index is 1.58. The Labute approximate surface area is 127 Å². The molecule has 0 saturated carbocycles. The SMILES string of the molecule is O=C(NCCc1nn2cnnc2s1)c1ccccc1Br. The van der Waals surface area contributed by atoms with Gasteiger partial charge >= 0.3 is 0 Å². The quantitative estimate of drug-likeness (QED) is 0.779. The topological polar surface area (TPSA) is 72.2 Å². The van der Waals surface area contributed by atoms with E-state index in [0.29, 0.717) is 18.5 Å². The van der Waals surface area contributed by atoms with Gasteiger partial charge < -0.3 is 5.32 Å². The van der Waals surface area contributed by atoms with Crippen LogP contribution in [0.15, 0.2) is 35.1 Å². The predicted molar refractivity (Wildman–Crippen MR) is 78.8 cm³/mol. The largest absolute Gasteiger partial charge is 0.352 e. The number of halogens is 1. The third kappa shape index (κ3) is 2.70. The van der Waals surface area contributed by atoms with Crippen LogP contribution in [0.5, 0.6) is 0 Å². The van der Waals surface area contributed by atoms with E-state index in [-0.39, 0.29) is 5.91 Å². The van der Waals surface area contributed by atoms with Crippen molar-refractivity contribution in [2.45, 2.75) is 6.42 Å². The Morgan fingerprint density at radius 2 is 2.25 bits per heavy atom. The number of aromatic nitrogens is 4. The maximum atomic E-state index is 12.0. The van der Waals surface area contributed by atoms with E-state index < -0.39 is 0 Å². The number of nitrogens with zero attached hydrogens (tertiary/aromatic N) is 4. The number of rotatable bonds is 4. The van der Waals surface area contributed by atoms with E-state index in [1.807, 2.05) is 18.2 Å². The molecule has 0 unspecified atom stereocenters. The fourth-order valence-electron chi connectivity index (χ4n) is 1.73. The summed E-state index contributed by atoms with van der Waals surface area (Å²) in [7, 11) is 0. The van der Waals surface area contributed by atoms with Crippen LogP contribution in [0.1, 0.15) is 15.4 Å². The first kappa shape index (κ1) is 13.2. The number of benzene rings is 1. The summed E-state index contributed by atoms with van der Waals surface area (Å²) in [6, 6.07) is 7.34. The van der Waals surface area contributed by atoms with E-state index in [1.54, 1.807) is 16.9 Å². The molecule has 3 rings (SSSR count). The lowest BCUT2D eigenvalue weighted by Gasteiger charge is -2.05. The Morgan fingerprint density at radius 1 is 1.40 bits per heavy atom. The fraction of sp³-hybridized carbons (Fsp3) is 0.167. The highest BCUT2D eigenvalue weighted by atomic mass is 79.9.